The standard InChI is InChI=1S/C10H7ClF2O.C9H7ClF2O.C6H2ClF2I.C6H3ClF2/c1-6(5-14)2-7-3-8(11)10(13)4-9(7)12;10-7-4-6(2-1-3-13)8(11)5-9(7)12;7-3-1-6(10)5(9)2-4(3)8;7-5-2-1-4(8)3-6(5)9/h3-5H,1-2H2;3-5H,1-2H2;1-2H;1-3H. The minimum absolute atomic E-state index is 0.0370. The number of allylic oxidation sites excluding steroid dienone is 1. The fourth-order valence-corrected chi connectivity index (χ4v) is 4.23. The molecule has 0 radical (unpaired) electrons. The molecule has 4 rings (SSSR count). The van der Waals surface area contributed by atoms with E-state index in [1.165, 1.54) is 18.2 Å². The number of rotatable bonds is 6. The van der Waals surface area contributed by atoms with Crippen LogP contribution in [-0.2, 0) is 22.4 Å². The van der Waals surface area contributed by atoms with E-state index in [0.29, 0.717) is 22.2 Å². The molecule has 0 aliphatic heterocycles. The topological polar surface area (TPSA) is 34.1 Å². The number of carbonyl (C=O) groups excluding carboxylic acids is 2. The average Bonchev–Trinajstić information content (AvgIpc) is 2.99. The summed E-state index contributed by atoms with van der Waals surface area (Å²) in [5.41, 5.74) is 0.638. The van der Waals surface area contributed by atoms with Gasteiger partial charge in [-0.3, -0.25) is 4.79 Å². The van der Waals surface area contributed by atoms with Crippen molar-refractivity contribution in [2.24, 2.45) is 0 Å². The third kappa shape index (κ3) is 14.4. The van der Waals surface area contributed by atoms with Gasteiger partial charge in [0.1, 0.15) is 59.1 Å². The van der Waals surface area contributed by atoms with Gasteiger partial charge in [-0.05, 0) is 76.0 Å². The molecule has 4 aromatic carbocycles. The Morgan fingerprint density at radius 3 is 1.52 bits per heavy atom. The van der Waals surface area contributed by atoms with Crippen LogP contribution >= 0.6 is 69.0 Å². The van der Waals surface area contributed by atoms with Crippen molar-refractivity contribution >= 4 is 81.6 Å². The van der Waals surface area contributed by atoms with Crippen molar-refractivity contribution in [1.29, 1.82) is 0 Å². The van der Waals surface area contributed by atoms with Gasteiger partial charge in [-0.25, -0.2) is 35.1 Å². The van der Waals surface area contributed by atoms with Crippen LogP contribution in [-0.4, -0.2) is 12.6 Å². The molecule has 0 amide bonds. The van der Waals surface area contributed by atoms with E-state index in [-0.39, 0.29) is 56.1 Å². The summed E-state index contributed by atoms with van der Waals surface area (Å²) in [5.74, 6) is -5.63. The Morgan fingerprint density at radius 1 is 0.609 bits per heavy atom. The van der Waals surface area contributed by atoms with Crippen LogP contribution in [0.25, 0.3) is 0 Å². The van der Waals surface area contributed by atoms with E-state index in [0.717, 1.165) is 30.3 Å². The summed E-state index contributed by atoms with van der Waals surface area (Å²) in [7, 11) is 0. The minimum atomic E-state index is -0.815. The number of hydrogen-bond donors (Lipinski definition) is 0. The highest BCUT2D eigenvalue weighted by molar-refractivity contribution is 14.1. The lowest BCUT2D eigenvalue weighted by molar-refractivity contribution is -0.108. The molecule has 0 heterocycles. The summed E-state index contributed by atoms with van der Waals surface area (Å²) in [4.78, 5) is 20.3. The lowest BCUT2D eigenvalue weighted by Crippen LogP contribution is -1.96. The number of aldehydes is 2. The molecular formula is C31H19Cl4F8IO2. The first-order valence-electron chi connectivity index (χ1n) is 12.2. The van der Waals surface area contributed by atoms with E-state index in [4.69, 9.17) is 46.4 Å². The average molecular weight is 844 g/mol. The first-order valence-corrected chi connectivity index (χ1v) is 14.8. The van der Waals surface area contributed by atoms with Crippen LogP contribution in [0.3, 0.4) is 0 Å². The van der Waals surface area contributed by atoms with Crippen molar-refractivity contribution < 1.29 is 44.7 Å². The van der Waals surface area contributed by atoms with E-state index in [1.54, 1.807) is 22.6 Å². The van der Waals surface area contributed by atoms with E-state index >= 15 is 0 Å². The second-order valence-corrected chi connectivity index (χ2v) is 11.4. The van der Waals surface area contributed by atoms with Crippen LogP contribution in [0.1, 0.15) is 17.5 Å². The number of hydrogen-bond acceptors (Lipinski definition) is 2. The molecule has 246 valence electrons. The van der Waals surface area contributed by atoms with E-state index in [9.17, 15) is 44.7 Å². The largest absolute Gasteiger partial charge is 0.303 e. The number of aryl methyl sites for hydroxylation is 1. The molecule has 0 saturated carbocycles. The van der Waals surface area contributed by atoms with Crippen LogP contribution in [0.4, 0.5) is 35.1 Å². The first kappa shape index (κ1) is 41.3. The summed E-state index contributed by atoms with van der Waals surface area (Å²) in [6.45, 7) is 3.39. The molecule has 2 nitrogen and oxygen atoms in total. The summed E-state index contributed by atoms with van der Waals surface area (Å²) < 4.78 is 101. The molecule has 0 unspecified atom stereocenters. The zero-order valence-corrected chi connectivity index (χ0v) is 28.1. The normalized spacial score (nSPS) is 9.93. The maximum Gasteiger partial charge on any atom is 0.145 e. The summed E-state index contributed by atoms with van der Waals surface area (Å²) >= 11 is 23.2. The molecule has 46 heavy (non-hydrogen) atoms. The Kier molecular flexibility index (Phi) is 18.4. The smallest absolute Gasteiger partial charge is 0.145 e. The molecule has 0 bridgehead atoms. The molecule has 0 fully saturated rings. The fraction of sp³-hybridized carbons (Fsp3) is 0.0968. The van der Waals surface area contributed by atoms with Crippen LogP contribution in [0.2, 0.25) is 20.1 Å². The quantitative estimate of drug-likeness (QED) is 0.0637. The van der Waals surface area contributed by atoms with E-state index < -0.39 is 46.5 Å². The lowest BCUT2D eigenvalue weighted by atomic mass is 10.1. The molecule has 0 atom stereocenters. The summed E-state index contributed by atoms with van der Waals surface area (Å²) in [5, 5.41) is -0.399. The monoisotopic (exact) mass is 842 g/mol. The van der Waals surface area contributed by atoms with Gasteiger partial charge < -0.3 is 4.79 Å². The Morgan fingerprint density at radius 2 is 1.07 bits per heavy atom. The van der Waals surface area contributed by atoms with Crippen LogP contribution in [0.5, 0.6) is 0 Å². The SMILES string of the molecule is C=C(C=O)Cc1cc(Cl)c(F)cc1F.Fc1cc(F)c(I)cc1Cl.Fc1ccc(Cl)c(F)c1.O=CCCc1cc(Cl)c(F)cc1F. The van der Waals surface area contributed by atoms with Gasteiger partial charge in [0, 0.05) is 37.1 Å². The molecule has 0 N–H and O–H groups in total. The zero-order chi connectivity index (χ0) is 35.1. The van der Waals surface area contributed by atoms with Crippen LogP contribution < -0.4 is 0 Å². The van der Waals surface area contributed by atoms with Gasteiger partial charge in [-0.1, -0.05) is 53.0 Å². The molecule has 0 aromatic heterocycles. The highest BCUT2D eigenvalue weighted by Gasteiger charge is 2.10. The second kappa shape index (κ2) is 20.5. The maximum atomic E-state index is 13.1. The molecule has 0 aliphatic carbocycles. The summed E-state index contributed by atoms with van der Waals surface area (Å²) in [6.07, 6.45) is 1.69. The zero-order valence-electron chi connectivity index (χ0n) is 22.9. The fourth-order valence-electron chi connectivity index (χ4n) is 2.92. The molecule has 15 heteroatoms. The number of halogens is 13. The van der Waals surface area contributed by atoms with Gasteiger partial charge in [0.2, 0.25) is 0 Å². The van der Waals surface area contributed by atoms with E-state index in [1.807, 2.05) is 0 Å². The highest BCUT2D eigenvalue weighted by atomic mass is 127. The van der Waals surface area contributed by atoms with Gasteiger partial charge >= 0.3 is 0 Å². The third-order valence-electron chi connectivity index (χ3n) is 5.14. The van der Waals surface area contributed by atoms with Gasteiger partial charge in [0.15, 0.2) is 0 Å². The second-order valence-electron chi connectivity index (χ2n) is 8.61. The van der Waals surface area contributed by atoms with Crippen molar-refractivity contribution in [1.82, 2.24) is 0 Å². The number of benzene rings is 4. The summed E-state index contributed by atoms with van der Waals surface area (Å²) in [6, 6.07) is 8.80. The van der Waals surface area contributed by atoms with Crippen molar-refractivity contribution in [3.63, 3.8) is 0 Å². The number of carbonyl (C=O) groups is 2. The Balaban J connectivity index is 0.000000311. The van der Waals surface area contributed by atoms with Crippen molar-refractivity contribution in [2.45, 2.75) is 19.3 Å². The van der Waals surface area contributed by atoms with Crippen molar-refractivity contribution in [2.75, 3.05) is 0 Å². The van der Waals surface area contributed by atoms with E-state index in [2.05, 4.69) is 6.58 Å². The molecule has 0 saturated heterocycles. The minimum Gasteiger partial charge on any atom is -0.303 e. The van der Waals surface area contributed by atoms with Crippen LogP contribution in [0.15, 0.2) is 66.7 Å². The highest BCUT2D eigenvalue weighted by Crippen LogP contribution is 2.22. The lowest BCUT2D eigenvalue weighted by Gasteiger charge is -2.03. The Bertz CT molecular complexity index is 1640. The van der Waals surface area contributed by atoms with Crippen molar-refractivity contribution in [3.8, 4) is 0 Å². The first-order chi connectivity index (χ1) is 21.5. The maximum absolute atomic E-state index is 13.1. The predicted molar refractivity (Wildman–Crippen MR) is 171 cm³/mol. The van der Waals surface area contributed by atoms with Gasteiger partial charge in [0.05, 0.1) is 23.7 Å². The molecule has 0 spiro atoms. The molecular weight excluding hydrogens is 825 g/mol. The van der Waals surface area contributed by atoms with Gasteiger partial charge in [-0.15, -0.1) is 0 Å². The van der Waals surface area contributed by atoms with Crippen molar-refractivity contribution in [3.05, 3.63) is 148 Å². The Labute approximate surface area is 292 Å². The molecule has 0 aliphatic rings. The molecule has 4 aromatic rings. The van der Waals surface area contributed by atoms with Gasteiger partial charge in [0.25, 0.3) is 0 Å². The third-order valence-corrected chi connectivity index (χ3v) is 7.14. The van der Waals surface area contributed by atoms with Gasteiger partial charge in [-0.2, -0.15) is 0 Å². The predicted octanol–water partition coefficient (Wildman–Crippen LogP) is 11.5. The Hall–Kier alpha value is -2.71. The van der Waals surface area contributed by atoms with Crippen LogP contribution in [0, 0.1) is 50.1 Å².